The van der Waals surface area contributed by atoms with Gasteiger partial charge in [0.1, 0.15) is 5.82 Å². The highest BCUT2D eigenvalue weighted by Gasteiger charge is 2.34. The van der Waals surface area contributed by atoms with Crippen LogP contribution in [0, 0.1) is 5.92 Å². The van der Waals surface area contributed by atoms with E-state index in [2.05, 4.69) is 5.10 Å². The molecule has 1 amide bonds. The van der Waals surface area contributed by atoms with E-state index in [9.17, 15) is 13.2 Å². The fourth-order valence-electron chi connectivity index (χ4n) is 2.48. The quantitative estimate of drug-likeness (QED) is 0.855. The molecular weight excluding hydrogens is 280 g/mol. The van der Waals surface area contributed by atoms with Gasteiger partial charge < -0.3 is 0 Å². The second-order valence-electron chi connectivity index (χ2n) is 5.30. The maximum Gasteiger partial charge on any atom is 0.228 e. The fraction of sp³-hybridized carbons (Fsp3) is 0.667. The van der Waals surface area contributed by atoms with Crippen molar-refractivity contribution in [2.75, 3.05) is 17.2 Å². The number of sulfonamides is 1. The zero-order chi connectivity index (χ0) is 14.9. The van der Waals surface area contributed by atoms with Gasteiger partial charge in [-0.25, -0.2) is 18.2 Å². The van der Waals surface area contributed by atoms with Crippen LogP contribution in [0.25, 0.3) is 0 Å². The summed E-state index contributed by atoms with van der Waals surface area (Å²) in [5.41, 5.74) is 0. The number of anilines is 1. The van der Waals surface area contributed by atoms with Crippen LogP contribution in [-0.4, -0.2) is 36.4 Å². The topological polar surface area (TPSA) is 98.3 Å². The van der Waals surface area contributed by atoms with Crippen LogP contribution in [0.4, 0.5) is 5.82 Å². The van der Waals surface area contributed by atoms with E-state index in [0.717, 1.165) is 12.2 Å². The summed E-state index contributed by atoms with van der Waals surface area (Å²) in [7, 11) is -3.56. The fourth-order valence-corrected chi connectivity index (χ4v) is 3.36. The zero-order valence-electron chi connectivity index (χ0n) is 11.7. The molecule has 2 atom stereocenters. The summed E-state index contributed by atoms with van der Waals surface area (Å²) in [6.07, 6.45) is 2.77. The molecule has 1 fully saturated rings. The van der Waals surface area contributed by atoms with E-state index in [1.807, 2.05) is 13.8 Å². The van der Waals surface area contributed by atoms with Crippen LogP contribution >= 0.6 is 0 Å². The van der Waals surface area contributed by atoms with Gasteiger partial charge in [0, 0.05) is 24.9 Å². The van der Waals surface area contributed by atoms with Crippen molar-refractivity contribution in [1.82, 2.24) is 9.78 Å². The first-order valence-corrected chi connectivity index (χ1v) is 8.37. The van der Waals surface area contributed by atoms with Gasteiger partial charge in [-0.05, 0) is 13.3 Å². The molecule has 2 rings (SSSR count). The SMILES string of the molecule is CCC(C)n1nccc1N1CC(CS(N)(=O)=O)CC1=O. The molecule has 1 aromatic rings. The lowest BCUT2D eigenvalue weighted by atomic mass is 10.1. The largest absolute Gasteiger partial charge is 0.297 e. The van der Waals surface area contributed by atoms with Crippen LogP contribution in [0.15, 0.2) is 12.3 Å². The van der Waals surface area contributed by atoms with Crippen molar-refractivity contribution in [2.45, 2.75) is 32.7 Å². The summed E-state index contributed by atoms with van der Waals surface area (Å²) in [6.45, 7) is 4.45. The van der Waals surface area contributed by atoms with E-state index in [4.69, 9.17) is 5.14 Å². The van der Waals surface area contributed by atoms with Gasteiger partial charge in [0.15, 0.2) is 0 Å². The van der Waals surface area contributed by atoms with Crippen molar-refractivity contribution in [1.29, 1.82) is 0 Å². The minimum atomic E-state index is -3.56. The molecule has 2 N–H and O–H groups in total. The van der Waals surface area contributed by atoms with Crippen molar-refractivity contribution in [3.8, 4) is 0 Å². The normalized spacial score (nSPS) is 21.4. The summed E-state index contributed by atoms with van der Waals surface area (Å²) in [4.78, 5) is 13.7. The minimum Gasteiger partial charge on any atom is -0.297 e. The van der Waals surface area contributed by atoms with E-state index < -0.39 is 10.0 Å². The van der Waals surface area contributed by atoms with Crippen molar-refractivity contribution in [3.05, 3.63) is 12.3 Å². The Labute approximate surface area is 118 Å². The Bertz CT molecular complexity index is 596. The van der Waals surface area contributed by atoms with E-state index in [0.29, 0.717) is 6.54 Å². The third-order valence-corrected chi connectivity index (χ3v) is 4.54. The molecule has 7 nitrogen and oxygen atoms in total. The average molecular weight is 300 g/mol. The van der Waals surface area contributed by atoms with Gasteiger partial charge in [-0.1, -0.05) is 6.92 Å². The van der Waals surface area contributed by atoms with Crippen LogP contribution in [0.5, 0.6) is 0 Å². The average Bonchev–Trinajstić information content (AvgIpc) is 2.92. The number of hydrogen-bond acceptors (Lipinski definition) is 4. The summed E-state index contributed by atoms with van der Waals surface area (Å²) >= 11 is 0. The van der Waals surface area contributed by atoms with Gasteiger partial charge in [0.2, 0.25) is 15.9 Å². The second-order valence-corrected chi connectivity index (χ2v) is 6.95. The molecule has 112 valence electrons. The van der Waals surface area contributed by atoms with Crippen molar-refractivity contribution >= 4 is 21.7 Å². The van der Waals surface area contributed by atoms with E-state index in [1.165, 1.54) is 0 Å². The first-order valence-electron chi connectivity index (χ1n) is 6.66. The number of carbonyl (C=O) groups excluding carboxylic acids is 1. The number of aromatic nitrogens is 2. The Kier molecular flexibility index (Phi) is 4.14. The lowest BCUT2D eigenvalue weighted by molar-refractivity contribution is -0.117. The predicted octanol–water partition coefficient (Wildman–Crippen LogP) is 0.496. The third-order valence-electron chi connectivity index (χ3n) is 3.61. The molecule has 0 saturated carbocycles. The highest BCUT2D eigenvalue weighted by atomic mass is 32.2. The first kappa shape index (κ1) is 15.0. The molecule has 2 heterocycles. The number of rotatable bonds is 5. The molecule has 1 aliphatic rings. The molecular formula is C12H20N4O3S. The van der Waals surface area contributed by atoms with E-state index in [1.54, 1.807) is 21.8 Å². The number of primary sulfonamides is 1. The smallest absolute Gasteiger partial charge is 0.228 e. The van der Waals surface area contributed by atoms with Crippen molar-refractivity contribution < 1.29 is 13.2 Å². The van der Waals surface area contributed by atoms with Crippen LogP contribution in [-0.2, 0) is 14.8 Å². The highest BCUT2D eigenvalue weighted by molar-refractivity contribution is 7.89. The van der Waals surface area contributed by atoms with Gasteiger partial charge >= 0.3 is 0 Å². The lowest BCUT2D eigenvalue weighted by Gasteiger charge is -2.21. The molecule has 0 aromatic carbocycles. The van der Waals surface area contributed by atoms with Gasteiger partial charge in [0.25, 0.3) is 0 Å². The van der Waals surface area contributed by atoms with Crippen molar-refractivity contribution in [3.63, 3.8) is 0 Å². The summed E-state index contributed by atoms with van der Waals surface area (Å²) < 4.78 is 24.1. The molecule has 0 radical (unpaired) electrons. The lowest BCUT2D eigenvalue weighted by Crippen LogP contribution is -2.29. The van der Waals surface area contributed by atoms with E-state index in [-0.39, 0.29) is 30.0 Å². The predicted molar refractivity (Wildman–Crippen MR) is 75.7 cm³/mol. The number of carbonyl (C=O) groups is 1. The zero-order valence-corrected chi connectivity index (χ0v) is 12.5. The number of nitrogens with zero attached hydrogens (tertiary/aromatic N) is 3. The monoisotopic (exact) mass is 300 g/mol. The first-order chi connectivity index (χ1) is 9.31. The van der Waals surface area contributed by atoms with Gasteiger partial charge in [-0.2, -0.15) is 5.10 Å². The molecule has 0 aliphatic carbocycles. The Balaban J connectivity index is 2.18. The molecule has 1 saturated heterocycles. The Morgan fingerprint density at radius 1 is 1.55 bits per heavy atom. The van der Waals surface area contributed by atoms with Crippen LogP contribution in [0.2, 0.25) is 0 Å². The third kappa shape index (κ3) is 3.18. The minimum absolute atomic E-state index is 0.0799. The highest BCUT2D eigenvalue weighted by Crippen LogP contribution is 2.27. The molecule has 20 heavy (non-hydrogen) atoms. The second kappa shape index (κ2) is 5.53. The molecule has 0 bridgehead atoms. The maximum atomic E-state index is 12.1. The molecule has 2 unspecified atom stereocenters. The maximum absolute atomic E-state index is 12.1. The molecule has 1 aromatic heterocycles. The standard InChI is InChI=1S/C12H20N4O3S/c1-3-9(2)16-11(4-5-14-16)15-7-10(6-12(15)17)8-20(13,18)19/h4-5,9-10H,3,6-8H2,1-2H3,(H2,13,18,19). The van der Waals surface area contributed by atoms with E-state index >= 15 is 0 Å². The van der Waals surface area contributed by atoms with Gasteiger partial charge in [-0.3, -0.25) is 9.69 Å². The Morgan fingerprint density at radius 3 is 2.85 bits per heavy atom. The number of nitrogens with two attached hydrogens (primary N) is 1. The number of amides is 1. The summed E-state index contributed by atoms with van der Waals surface area (Å²) in [5.74, 6) is 0.231. The molecule has 0 spiro atoms. The molecule has 8 heteroatoms. The van der Waals surface area contributed by atoms with Crippen LogP contribution < -0.4 is 10.0 Å². The van der Waals surface area contributed by atoms with Crippen LogP contribution in [0.3, 0.4) is 0 Å². The molecule has 1 aliphatic heterocycles. The van der Waals surface area contributed by atoms with Crippen molar-refractivity contribution in [2.24, 2.45) is 11.1 Å². The number of hydrogen-bond donors (Lipinski definition) is 1. The Morgan fingerprint density at radius 2 is 2.25 bits per heavy atom. The van der Waals surface area contributed by atoms with Gasteiger partial charge in [0.05, 0.1) is 18.0 Å². The summed E-state index contributed by atoms with van der Waals surface area (Å²) in [5, 5.41) is 9.29. The Hall–Kier alpha value is -1.41. The van der Waals surface area contributed by atoms with Crippen LogP contribution in [0.1, 0.15) is 32.7 Å². The van der Waals surface area contributed by atoms with Gasteiger partial charge in [-0.15, -0.1) is 0 Å². The summed E-state index contributed by atoms with van der Waals surface area (Å²) in [6, 6.07) is 1.97.